The molecule has 1 atom stereocenters. The van der Waals surface area contributed by atoms with Gasteiger partial charge in [-0.25, -0.2) is 0 Å². The molecule has 0 amide bonds. The second kappa shape index (κ2) is 8.00. The summed E-state index contributed by atoms with van der Waals surface area (Å²) in [6.07, 6.45) is 9.69. The summed E-state index contributed by atoms with van der Waals surface area (Å²) in [7, 11) is 0. The zero-order valence-electron chi connectivity index (χ0n) is 12.9. The number of nitriles is 1. The van der Waals surface area contributed by atoms with Crippen molar-refractivity contribution in [3.63, 3.8) is 0 Å². The van der Waals surface area contributed by atoms with Gasteiger partial charge in [0.15, 0.2) is 0 Å². The van der Waals surface area contributed by atoms with Crippen LogP contribution in [0, 0.1) is 11.3 Å². The fourth-order valence-electron chi connectivity index (χ4n) is 3.30. The van der Waals surface area contributed by atoms with E-state index in [0.29, 0.717) is 0 Å². The second-order valence-electron chi connectivity index (χ2n) is 6.04. The molecule has 0 saturated carbocycles. The zero-order valence-corrected chi connectivity index (χ0v) is 12.9. The van der Waals surface area contributed by atoms with Crippen LogP contribution in [0.3, 0.4) is 0 Å². The molecule has 1 saturated heterocycles. The predicted molar refractivity (Wildman–Crippen MR) is 87.7 cm³/mol. The monoisotopic (exact) mass is 282 g/mol. The van der Waals surface area contributed by atoms with E-state index in [1.54, 1.807) is 0 Å². The molecule has 0 aliphatic carbocycles. The molecule has 0 aromatic heterocycles. The van der Waals surface area contributed by atoms with Gasteiger partial charge in [0.25, 0.3) is 0 Å². The molecular weight excluding hydrogens is 256 g/mol. The predicted octanol–water partition coefficient (Wildman–Crippen LogP) is 4.68. The number of piperidine rings is 1. The topological polar surface area (TPSA) is 27.0 Å². The minimum absolute atomic E-state index is 0.255. The highest BCUT2D eigenvalue weighted by Gasteiger charge is 2.38. The Kier molecular flexibility index (Phi) is 6.02. The molecule has 1 fully saturated rings. The van der Waals surface area contributed by atoms with E-state index in [0.717, 1.165) is 45.2 Å². The maximum absolute atomic E-state index is 9.83. The smallest absolute Gasteiger partial charge is 0.109 e. The molecule has 2 heteroatoms. The van der Waals surface area contributed by atoms with Crippen LogP contribution in [0.2, 0.25) is 0 Å². The van der Waals surface area contributed by atoms with Gasteiger partial charge in [-0.05, 0) is 44.1 Å². The molecule has 1 unspecified atom stereocenters. The first-order valence-corrected chi connectivity index (χ1v) is 8.12. The van der Waals surface area contributed by atoms with Crippen LogP contribution >= 0.6 is 0 Å². The molecule has 112 valence electrons. The Bertz CT molecular complexity index is 474. The number of allylic oxidation sites excluding steroid dienone is 1. The van der Waals surface area contributed by atoms with Gasteiger partial charge in [-0.1, -0.05) is 42.8 Å². The van der Waals surface area contributed by atoms with Crippen LogP contribution in [-0.2, 0) is 6.54 Å². The van der Waals surface area contributed by atoms with Crippen molar-refractivity contribution in [1.29, 1.82) is 5.26 Å². The van der Waals surface area contributed by atoms with E-state index in [4.69, 9.17) is 0 Å². The van der Waals surface area contributed by atoms with Gasteiger partial charge < -0.3 is 0 Å². The van der Waals surface area contributed by atoms with Crippen LogP contribution in [0.5, 0.6) is 0 Å². The summed E-state index contributed by atoms with van der Waals surface area (Å²) in [6.45, 7) is 5.72. The van der Waals surface area contributed by atoms with E-state index in [-0.39, 0.29) is 5.54 Å². The number of unbranched alkanes of at least 4 members (excludes halogenated alkanes) is 2. The third-order valence-electron chi connectivity index (χ3n) is 4.55. The number of benzene rings is 1. The molecule has 2 rings (SSSR count). The van der Waals surface area contributed by atoms with Gasteiger partial charge in [0.2, 0.25) is 0 Å². The summed E-state index contributed by atoms with van der Waals surface area (Å²) in [5.41, 5.74) is 1.06. The molecule has 0 radical (unpaired) electrons. The first-order valence-electron chi connectivity index (χ1n) is 8.12. The lowest BCUT2D eigenvalue weighted by Crippen LogP contribution is -2.50. The highest BCUT2D eigenvalue weighted by atomic mass is 15.2. The number of hydrogen-bond donors (Lipinski definition) is 0. The Hall–Kier alpha value is -1.59. The fraction of sp³-hybridized carbons (Fsp3) is 0.526. The summed E-state index contributed by atoms with van der Waals surface area (Å²) in [5, 5.41) is 9.83. The van der Waals surface area contributed by atoms with E-state index >= 15 is 0 Å². The first-order chi connectivity index (χ1) is 10.3. The number of likely N-dealkylation sites (tertiary alicyclic amines) is 1. The van der Waals surface area contributed by atoms with Crippen LogP contribution in [0.25, 0.3) is 0 Å². The minimum Gasteiger partial charge on any atom is -0.281 e. The average Bonchev–Trinajstić information content (AvgIpc) is 2.54. The van der Waals surface area contributed by atoms with E-state index in [1.165, 1.54) is 18.4 Å². The Morgan fingerprint density at radius 2 is 2.05 bits per heavy atom. The fourth-order valence-corrected chi connectivity index (χ4v) is 3.30. The van der Waals surface area contributed by atoms with Crippen molar-refractivity contribution in [2.75, 3.05) is 6.54 Å². The highest BCUT2D eigenvalue weighted by Crippen LogP contribution is 2.33. The van der Waals surface area contributed by atoms with Crippen molar-refractivity contribution in [3.05, 3.63) is 48.6 Å². The van der Waals surface area contributed by atoms with Gasteiger partial charge in [0, 0.05) is 13.1 Å². The number of nitrogens with zero attached hydrogens (tertiary/aromatic N) is 2. The molecule has 0 bridgehead atoms. The zero-order chi connectivity index (χ0) is 15.0. The van der Waals surface area contributed by atoms with Gasteiger partial charge in [0.05, 0.1) is 6.07 Å². The van der Waals surface area contributed by atoms with Gasteiger partial charge in [0.1, 0.15) is 5.54 Å². The van der Waals surface area contributed by atoms with E-state index < -0.39 is 0 Å². The Labute approximate surface area is 129 Å². The molecule has 1 heterocycles. The number of hydrogen-bond acceptors (Lipinski definition) is 2. The largest absolute Gasteiger partial charge is 0.281 e. The van der Waals surface area contributed by atoms with E-state index in [2.05, 4.69) is 41.8 Å². The molecule has 21 heavy (non-hydrogen) atoms. The summed E-state index contributed by atoms with van der Waals surface area (Å²) >= 11 is 0. The van der Waals surface area contributed by atoms with Crippen molar-refractivity contribution in [2.24, 2.45) is 0 Å². The third-order valence-corrected chi connectivity index (χ3v) is 4.55. The first kappa shape index (κ1) is 15.8. The van der Waals surface area contributed by atoms with Crippen LogP contribution in [0.1, 0.15) is 50.5 Å². The van der Waals surface area contributed by atoms with Gasteiger partial charge in [-0.15, -0.1) is 6.58 Å². The van der Waals surface area contributed by atoms with Crippen molar-refractivity contribution in [1.82, 2.24) is 4.90 Å². The molecule has 0 N–H and O–H groups in total. The lowest BCUT2D eigenvalue weighted by atomic mass is 9.83. The maximum Gasteiger partial charge on any atom is 0.109 e. The van der Waals surface area contributed by atoms with E-state index in [9.17, 15) is 5.26 Å². The van der Waals surface area contributed by atoms with Crippen LogP contribution in [0.15, 0.2) is 43.0 Å². The minimum atomic E-state index is -0.255. The van der Waals surface area contributed by atoms with Crippen molar-refractivity contribution >= 4 is 0 Å². The van der Waals surface area contributed by atoms with Crippen LogP contribution in [-0.4, -0.2) is 17.0 Å². The Balaban J connectivity index is 2.04. The van der Waals surface area contributed by atoms with Crippen molar-refractivity contribution in [2.45, 2.75) is 57.0 Å². The standard InChI is InChI=1S/C19H26N2/c1-2-3-4-8-13-19(17-20)14-9-10-15-21(19)16-18-11-6-5-7-12-18/h2,5-7,11-12H,1,3-4,8-10,13-16H2. The Morgan fingerprint density at radius 1 is 1.24 bits per heavy atom. The van der Waals surface area contributed by atoms with Gasteiger partial charge in [-0.3, -0.25) is 4.90 Å². The molecule has 1 aliphatic heterocycles. The molecule has 2 nitrogen and oxygen atoms in total. The average molecular weight is 282 g/mol. The summed E-state index contributed by atoms with van der Waals surface area (Å²) in [6, 6.07) is 13.2. The summed E-state index contributed by atoms with van der Waals surface area (Å²) in [4.78, 5) is 2.42. The van der Waals surface area contributed by atoms with Crippen molar-refractivity contribution < 1.29 is 0 Å². The second-order valence-corrected chi connectivity index (χ2v) is 6.04. The molecule has 1 aliphatic rings. The Morgan fingerprint density at radius 3 is 2.76 bits per heavy atom. The summed E-state index contributed by atoms with van der Waals surface area (Å²) in [5.74, 6) is 0. The van der Waals surface area contributed by atoms with Gasteiger partial charge in [-0.2, -0.15) is 5.26 Å². The lowest BCUT2D eigenvalue weighted by molar-refractivity contribution is 0.0742. The van der Waals surface area contributed by atoms with E-state index in [1.807, 2.05) is 12.1 Å². The molecular formula is C19H26N2. The maximum atomic E-state index is 9.83. The SMILES string of the molecule is C=CCCCCC1(C#N)CCCCN1Cc1ccccc1. The van der Waals surface area contributed by atoms with Gasteiger partial charge >= 0.3 is 0 Å². The molecule has 0 spiro atoms. The van der Waals surface area contributed by atoms with Crippen LogP contribution < -0.4 is 0 Å². The molecule has 1 aromatic carbocycles. The summed E-state index contributed by atoms with van der Waals surface area (Å²) < 4.78 is 0. The lowest BCUT2D eigenvalue weighted by Gasteiger charge is -2.42. The molecule has 1 aromatic rings. The van der Waals surface area contributed by atoms with Crippen LogP contribution in [0.4, 0.5) is 0 Å². The quantitative estimate of drug-likeness (QED) is 0.536. The highest BCUT2D eigenvalue weighted by molar-refractivity contribution is 5.17. The third kappa shape index (κ3) is 4.19. The normalized spacial score (nSPS) is 22.6. The van der Waals surface area contributed by atoms with Crippen molar-refractivity contribution in [3.8, 4) is 6.07 Å². The number of rotatable bonds is 7.